The zero-order chi connectivity index (χ0) is 11.9. The molecule has 2 aromatic rings. The first-order chi connectivity index (χ1) is 7.38. The normalized spacial score (nSPS) is 12.3. The van der Waals surface area contributed by atoms with Crippen LogP contribution in [0.15, 0.2) is 27.8 Å². The van der Waals surface area contributed by atoms with Gasteiger partial charge >= 0.3 is 5.51 Å². The molecule has 0 amide bonds. The van der Waals surface area contributed by atoms with E-state index in [2.05, 4.69) is 20.9 Å². The molecule has 0 saturated carbocycles. The average molecular weight is 311 g/mol. The summed E-state index contributed by atoms with van der Waals surface area (Å²) >= 11 is 3.10. The summed E-state index contributed by atoms with van der Waals surface area (Å²) in [4.78, 5) is 4.09. The number of aromatic nitrogens is 2. The molecule has 2 nitrogen and oxygen atoms in total. The van der Waals surface area contributed by atoms with Crippen LogP contribution in [0.25, 0.3) is 5.65 Å². The van der Waals surface area contributed by atoms with Crippen molar-refractivity contribution in [2.75, 3.05) is 0 Å². The molecule has 0 aliphatic rings. The van der Waals surface area contributed by atoms with E-state index in [1.54, 1.807) is 25.3 Å². The summed E-state index contributed by atoms with van der Waals surface area (Å²) in [5.74, 6) is 0. The van der Waals surface area contributed by atoms with Crippen LogP contribution in [-0.2, 0) is 0 Å². The van der Waals surface area contributed by atoms with Crippen LogP contribution in [0.2, 0.25) is 0 Å². The highest BCUT2D eigenvalue weighted by molar-refractivity contribution is 9.10. The zero-order valence-electron chi connectivity index (χ0n) is 8.05. The third-order valence-corrected chi connectivity index (χ3v) is 3.47. The summed E-state index contributed by atoms with van der Waals surface area (Å²) in [7, 11) is 0. The lowest BCUT2D eigenvalue weighted by atomic mass is 10.5. The largest absolute Gasteiger partial charge is 0.447 e. The van der Waals surface area contributed by atoms with Crippen molar-refractivity contribution in [3.63, 3.8) is 0 Å². The summed E-state index contributed by atoms with van der Waals surface area (Å²) in [6, 6.07) is 3.41. The minimum atomic E-state index is -4.30. The molecule has 0 aliphatic heterocycles. The SMILES string of the molecule is Cc1nc2c(Br)cccn2c1SC(F)(F)F. The first-order valence-corrected chi connectivity index (χ1v) is 5.88. The third-order valence-electron chi connectivity index (χ3n) is 1.93. The molecular formula is C9H6BrF3N2S. The van der Waals surface area contributed by atoms with Gasteiger partial charge in [-0.1, -0.05) is 0 Å². The molecule has 2 rings (SSSR count). The van der Waals surface area contributed by atoms with Gasteiger partial charge in [0.1, 0.15) is 5.03 Å². The Morgan fingerprint density at radius 2 is 2.12 bits per heavy atom. The summed E-state index contributed by atoms with van der Waals surface area (Å²) in [6.45, 7) is 1.56. The van der Waals surface area contributed by atoms with Gasteiger partial charge in [-0.2, -0.15) is 13.2 Å². The fourth-order valence-corrected chi connectivity index (χ4v) is 2.45. The maximum Gasteiger partial charge on any atom is 0.447 e. The van der Waals surface area contributed by atoms with Crippen molar-refractivity contribution in [2.45, 2.75) is 17.5 Å². The Hall–Kier alpha value is -0.690. The van der Waals surface area contributed by atoms with E-state index in [1.165, 1.54) is 4.40 Å². The number of hydrogen-bond donors (Lipinski definition) is 0. The predicted octanol–water partition coefficient (Wildman–Crippen LogP) is 4.02. The Labute approximate surface area is 102 Å². The molecule has 7 heteroatoms. The standard InChI is InChI=1S/C9H6BrF3N2S/c1-5-8(16-9(11,12)13)15-4-2-3-6(10)7(15)14-5/h2-4H,1H3. The third kappa shape index (κ3) is 2.20. The molecule has 86 valence electrons. The molecule has 0 radical (unpaired) electrons. The maximum atomic E-state index is 12.3. The van der Waals surface area contributed by atoms with Crippen LogP contribution >= 0.6 is 27.7 Å². The first kappa shape index (κ1) is 11.8. The number of rotatable bonds is 1. The van der Waals surface area contributed by atoms with E-state index in [4.69, 9.17) is 0 Å². The molecule has 0 aliphatic carbocycles. The molecule has 0 N–H and O–H groups in total. The van der Waals surface area contributed by atoms with Crippen LogP contribution in [0.5, 0.6) is 0 Å². The molecule has 16 heavy (non-hydrogen) atoms. The Balaban J connectivity index is 2.61. The summed E-state index contributed by atoms with van der Waals surface area (Å²) < 4.78 is 39.1. The summed E-state index contributed by atoms with van der Waals surface area (Å²) in [5.41, 5.74) is -3.44. The second-order valence-corrected chi connectivity index (χ2v) is 5.01. The average Bonchev–Trinajstić information content (AvgIpc) is 2.44. The lowest BCUT2D eigenvalue weighted by Gasteiger charge is -2.06. The quantitative estimate of drug-likeness (QED) is 0.740. The van der Waals surface area contributed by atoms with Crippen LogP contribution < -0.4 is 0 Å². The number of pyridine rings is 1. The van der Waals surface area contributed by atoms with E-state index in [0.29, 0.717) is 15.8 Å². The molecule has 0 fully saturated rings. The number of halogens is 4. The smallest absolute Gasteiger partial charge is 0.293 e. The van der Waals surface area contributed by atoms with Gasteiger partial charge in [0.15, 0.2) is 5.65 Å². The number of imidazole rings is 1. The lowest BCUT2D eigenvalue weighted by Crippen LogP contribution is -2.01. The number of nitrogens with zero attached hydrogens (tertiary/aromatic N) is 2. The number of aryl methyl sites for hydroxylation is 1. The Kier molecular flexibility index (Phi) is 2.91. The van der Waals surface area contributed by atoms with Crippen molar-refractivity contribution in [3.05, 3.63) is 28.5 Å². The monoisotopic (exact) mass is 310 g/mol. The van der Waals surface area contributed by atoms with Gasteiger partial charge in [-0.15, -0.1) is 0 Å². The second-order valence-electron chi connectivity index (χ2n) is 3.10. The van der Waals surface area contributed by atoms with Gasteiger partial charge in [0.05, 0.1) is 10.2 Å². The highest BCUT2D eigenvalue weighted by atomic mass is 79.9. The maximum absolute atomic E-state index is 12.3. The van der Waals surface area contributed by atoms with Crippen LogP contribution in [0, 0.1) is 6.92 Å². The number of hydrogen-bond acceptors (Lipinski definition) is 2. The van der Waals surface area contributed by atoms with Crippen LogP contribution in [0.4, 0.5) is 13.2 Å². The van der Waals surface area contributed by atoms with Crippen molar-refractivity contribution >= 4 is 33.3 Å². The fraction of sp³-hybridized carbons (Fsp3) is 0.222. The minimum Gasteiger partial charge on any atom is -0.293 e. The van der Waals surface area contributed by atoms with E-state index in [0.717, 1.165) is 0 Å². The number of thioether (sulfide) groups is 1. The van der Waals surface area contributed by atoms with E-state index >= 15 is 0 Å². The van der Waals surface area contributed by atoms with Gasteiger partial charge in [-0.05, 0) is 35.0 Å². The lowest BCUT2D eigenvalue weighted by molar-refractivity contribution is -0.0330. The molecule has 2 heterocycles. The van der Waals surface area contributed by atoms with Gasteiger partial charge in [-0.3, -0.25) is 4.40 Å². The van der Waals surface area contributed by atoms with Crippen molar-refractivity contribution < 1.29 is 13.2 Å². The van der Waals surface area contributed by atoms with Crippen molar-refractivity contribution in [2.24, 2.45) is 0 Å². The van der Waals surface area contributed by atoms with Crippen LogP contribution in [-0.4, -0.2) is 14.9 Å². The second kappa shape index (κ2) is 3.96. The van der Waals surface area contributed by atoms with E-state index in [1.807, 2.05) is 0 Å². The molecule has 2 aromatic heterocycles. The Morgan fingerprint density at radius 3 is 2.75 bits per heavy atom. The molecule has 0 atom stereocenters. The van der Waals surface area contributed by atoms with Crippen molar-refractivity contribution in [1.29, 1.82) is 0 Å². The van der Waals surface area contributed by atoms with Gasteiger partial charge < -0.3 is 0 Å². The molecule has 0 unspecified atom stereocenters. The minimum absolute atomic E-state index is 0.101. The Morgan fingerprint density at radius 1 is 1.44 bits per heavy atom. The first-order valence-electron chi connectivity index (χ1n) is 4.27. The molecular weight excluding hydrogens is 305 g/mol. The molecule has 0 spiro atoms. The number of alkyl halides is 3. The van der Waals surface area contributed by atoms with Gasteiger partial charge in [-0.25, -0.2) is 4.98 Å². The predicted molar refractivity (Wildman–Crippen MR) is 59.5 cm³/mol. The molecule has 0 aromatic carbocycles. The van der Waals surface area contributed by atoms with Gasteiger partial charge in [0.2, 0.25) is 0 Å². The molecule has 0 bridgehead atoms. The van der Waals surface area contributed by atoms with Gasteiger partial charge in [0, 0.05) is 18.0 Å². The van der Waals surface area contributed by atoms with Crippen molar-refractivity contribution in [3.8, 4) is 0 Å². The van der Waals surface area contributed by atoms with Gasteiger partial charge in [0.25, 0.3) is 0 Å². The zero-order valence-corrected chi connectivity index (χ0v) is 10.4. The highest BCUT2D eigenvalue weighted by Crippen LogP contribution is 2.39. The van der Waals surface area contributed by atoms with Crippen LogP contribution in [0.1, 0.15) is 5.69 Å². The summed E-state index contributed by atoms with van der Waals surface area (Å²) in [6.07, 6.45) is 1.56. The van der Waals surface area contributed by atoms with E-state index in [-0.39, 0.29) is 16.8 Å². The molecule has 0 saturated heterocycles. The number of fused-ring (bicyclic) bond motifs is 1. The highest BCUT2D eigenvalue weighted by Gasteiger charge is 2.32. The fourth-order valence-electron chi connectivity index (χ4n) is 1.36. The van der Waals surface area contributed by atoms with Crippen molar-refractivity contribution in [1.82, 2.24) is 9.38 Å². The summed E-state index contributed by atoms with van der Waals surface area (Å²) in [5, 5.41) is 0.101. The van der Waals surface area contributed by atoms with E-state index in [9.17, 15) is 13.2 Å². The van der Waals surface area contributed by atoms with Crippen LogP contribution in [0.3, 0.4) is 0 Å². The topological polar surface area (TPSA) is 17.3 Å². The Bertz CT molecular complexity index is 535. The van der Waals surface area contributed by atoms with E-state index < -0.39 is 5.51 Å².